The molecule has 1 aromatic carbocycles. The van der Waals surface area contributed by atoms with Gasteiger partial charge in [0, 0.05) is 74.6 Å². The van der Waals surface area contributed by atoms with E-state index in [4.69, 9.17) is 0 Å². The van der Waals surface area contributed by atoms with Crippen molar-refractivity contribution in [1.29, 1.82) is 0 Å². The molecule has 1 N–H and O–H groups in total. The molecule has 8 nitrogen and oxygen atoms in total. The Bertz CT molecular complexity index is 1290. The maximum absolute atomic E-state index is 14.9. The number of urea groups is 1. The van der Waals surface area contributed by atoms with E-state index >= 15 is 0 Å². The van der Waals surface area contributed by atoms with Crippen molar-refractivity contribution in [3.05, 3.63) is 63.3 Å². The lowest BCUT2D eigenvalue weighted by atomic mass is 9.90. The first-order valence-corrected chi connectivity index (χ1v) is 14.4. The molecule has 210 valence electrons. The van der Waals surface area contributed by atoms with Crippen LogP contribution in [0.25, 0.3) is 0 Å². The molecule has 0 radical (unpaired) electrons. The van der Waals surface area contributed by atoms with Crippen LogP contribution in [0, 0.1) is 11.6 Å². The van der Waals surface area contributed by atoms with Crippen molar-refractivity contribution < 1.29 is 13.6 Å². The summed E-state index contributed by atoms with van der Waals surface area (Å²) in [7, 11) is 1.87. The number of nitrogens with one attached hydrogen (secondary N) is 1. The van der Waals surface area contributed by atoms with Crippen LogP contribution in [0.15, 0.2) is 29.2 Å². The van der Waals surface area contributed by atoms with E-state index in [1.54, 1.807) is 11.1 Å². The molecule has 1 spiro atoms. The van der Waals surface area contributed by atoms with Gasteiger partial charge in [-0.15, -0.1) is 0 Å². The van der Waals surface area contributed by atoms with Gasteiger partial charge in [-0.3, -0.25) is 14.3 Å². The number of carbonyl (C=O) groups is 1. The van der Waals surface area contributed by atoms with Crippen molar-refractivity contribution in [2.24, 2.45) is 0 Å². The number of benzene rings is 1. The molecule has 0 bridgehead atoms. The lowest BCUT2D eigenvalue weighted by Gasteiger charge is -2.51. The smallest absolute Gasteiger partial charge is 0.320 e. The molecule has 39 heavy (non-hydrogen) atoms. The summed E-state index contributed by atoms with van der Waals surface area (Å²) in [6.07, 6.45) is 8.98. The fraction of sp³-hybridized carbons (Fsp3) is 0.621. The number of aryl methyl sites for hydroxylation is 1. The summed E-state index contributed by atoms with van der Waals surface area (Å²) in [5.74, 6) is -0.107. The van der Waals surface area contributed by atoms with Crippen LogP contribution in [0.3, 0.4) is 0 Å². The SMILES string of the molecule is CN[C@@H]1CCN(C(=O)N2CCN(Cc3cnc4n(c3=O)CCC4)C3(CCCC3)C2)[C@H](c2cc(F)ccc2F)C1. The van der Waals surface area contributed by atoms with Crippen molar-refractivity contribution in [2.75, 3.05) is 33.2 Å². The van der Waals surface area contributed by atoms with E-state index in [9.17, 15) is 18.4 Å². The Morgan fingerprint density at radius 1 is 1.13 bits per heavy atom. The Hall–Kier alpha value is -2.85. The highest BCUT2D eigenvalue weighted by molar-refractivity contribution is 5.75. The second-order valence-electron chi connectivity index (χ2n) is 11.7. The molecule has 0 unspecified atom stereocenters. The summed E-state index contributed by atoms with van der Waals surface area (Å²) in [5, 5.41) is 3.26. The molecule has 4 aliphatic rings. The number of nitrogens with zero attached hydrogens (tertiary/aromatic N) is 5. The number of hydrogen-bond donors (Lipinski definition) is 1. The summed E-state index contributed by atoms with van der Waals surface area (Å²) in [6.45, 7) is 3.54. The number of aromatic nitrogens is 2. The molecule has 1 saturated carbocycles. The Kier molecular flexibility index (Phi) is 7.18. The predicted octanol–water partition coefficient (Wildman–Crippen LogP) is 3.44. The Morgan fingerprint density at radius 3 is 2.74 bits per heavy atom. The summed E-state index contributed by atoms with van der Waals surface area (Å²) < 4.78 is 30.9. The van der Waals surface area contributed by atoms with Crippen LogP contribution in [-0.2, 0) is 19.5 Å². The zero-order valence-electron chi connectivity index (χ0n) is 22.7. The standard InChI is InChI=1S/C29H38F2N6O2/c1-32-22-8-12-36(25(16-22)23-15-21(30)6-7-24(23)31)28(39)34-13-14-35(29(19-34)9-2-3-10-29)18-20-17-33-26-5-4-11-37(26)27(20)38/h6-7,15,17,22,25,32H,2-5,8-14,16,18-19H2,1H3/t22-,25+/m1/s1. The van der Waals surface area contributed by atoms with Gasteiger partial charge >= 0.3 is 6.03 Å². The third kappa shape index (κ3) is 4.86. The van der Waals surface area contributed by atoms with E-state index in [-0.39, 0.29) is 28.7 Å². The van der Waals surface area contributed by atoms with E-state index in [0.717, 1.165) is 75.0 Å². The van der Waals surface area contributed by atoms with Gasteiger partial charge in [0.05, 0.1) is 6.04 Å². The van der Waals surface area contributed by atoms with Gasteiger partial charge in [-0.05, 0) is 57.4 Å². The van der Waals surface area contributed by atoms with Gasteiger partial charge in [-0.1, -0.05) is 12.8 Å². The lowest BCUT2D eigenvalue weighted by molar-refractivity contribution is -0.00252. The third-order valence-corrected chi connectivity index (χ3v) is 9.52. The molecule has 6 rings (SSSR count). The number of rotatable bonds is 4. The topological polar surface area (TPSA) is 73.7 Å². The molecular weight excluding hydrogens is 502 g/mol. The van der Waals surface area contributed by atoms with Gasteiger partial charge in [0.25, 0.3) is 5.56 Å². The summed E-state index contributed by atoms with van der Waals surface area (Å²) in [5.41, 5.74) is 0.841. The van der Waals surface area contributed by atoms with Crippen molar-refractivity contribution >= 4 is 6.03 Å². The van der Waals surface area contributed by atoms with Crippen LogP contribution in [0.2, 0.25) is 0 Å². The monoisotopic (exact) mass is 540 g/mol. The minimum atomic E-state index is -0.533. The first kappa shape index (κ1) is 26.4. The minimum Gasteiger partial charge on any atom is -0.321 e. The van der Waals surface area contributed by atoms with Crippen molar-refractivity contribution in [2.45, 2.75) is 82.1 Å². The van der Waals surface area contributed by atoms with Crippen molar-refractivity contribution in [3.63, 3.8) is 0 Å². The van der Waals surface area contributed by atoms with Crippen LogP contribution in [0.4, 0.5) is 13.6 Å². The summed E-state index contributed by atoms with van der Waals surface area (Å²) in [4.78, 5) is 37.8. The van der Waals surface area contributed by atoms with Gasteiger partial charge in [-0.25, -0.2) is 18.6 Å². The van der Waals surface area contributed by atoms with Gasteiger partial charge in [0.1, 0.15) is 17.5 Å². The maximum Gasteiger partial charge on any atom is 0.320 e. The van der Waals surface area contributed by atoms with E-state index in [2.05, 4.69) is 15.2 Å². The molecule has 3 aliphatic heterocycles. The molecule has 2 aromatic rings. The van der Waals surface area contributed by atoms with E-state index in [0.29, 0.717) is 39.1 Å². The molecular formula is C29H38F2N6O2. The quantitative estimate of drug-likeness (QED) is 0.643. The largest absolute Gasteiger partial charge is 0.321 e. The fourth-order valence-electron chi connectivity index (χ4n) is 7.34. The molecule has 3 fully saturated rings. The molecule has 1 aliphatic carbocycles. The molecule has 2 saturated heterocycles. The zero-order valence-corrected chi connectivity index (χ0v) is 22.7. The third-order valence-electron chi connectivity index (χ3n) is 9.52. The van der Waals surface area contributed by atoms with Gasteiger partial charge in [0.15, 0.2) is 0 Å². The minimum absolute atomic E-state index is 0.0662. The van der Waals surface area contributed by atoms with Gasteiger partial charge in [-0.2, -0.15) is 0 Å². The Balaban J connectivity index is 1.23. The van der Waals surface area contributed by atoms with Crippen LogP contribution in [0.1, 0.15) is 67.9 Å². The fourth-order valence-corrected chi connectivity index (χ4v) is 7.34. The number of carbonyl (C=O) groups excluding carboxylic acids is 1. The predicted molar refractivity (Wildman–Crippen MR) is 143 cm³/mol. The van der Waals surface area contributed by atoms with Crippen LogP contribution in [-0.4, -0.2) is 75.1 Å². The van der Waals surface area contributed by atoms with Gasteiger partial charge < -0.3 is 15.1 Å². The molecule has 2 atom stereocenters. The van der Waals surface area contributed by atoms with Gasteiger partial charge in [0.2, 0.25) is 0 Å². The number of fused-ring (bicyclic) bond motifs is 1. The van der Waals surface area contributed by atoms with Crippen molar-refractivity contribution in [1.82, 2.24) is 29.6 Å². The summed E-state index contributed by atoms with van der Waals surface area (Å²) in [6, 6.07) is 2.99. The van der Waals surface area contributed by atoms with E-state index < -0.39 is 17.7 Å². The number of piperidine rings is 1. The van der Waals surface area contributed by atoms with Crippen molar-refractivity contribution in [3.8, 4) is 0 Å². The number of likely N-dealkylation sites (tertiary alicyclic amines) is 1. The Labute approximate surface area is 228 Å². The zero-order chi connectivity index (χ0) is 27.1. The number of hydrogen-bond acceptors (Lipinski definition) is 5. The van der Waals surface area contributed by atoms with Crippen LogP contribution < -0.4 is 10.9 Å². The average molecular weight is 541 g/mol. The first-order chi connectivity index (χ1) is 18.9. The highest BCUT2D eigenvalue weighted by Crippen LogP contribution is 2.40. The van der Waals surface area contributed by atoms with E-state index in [1.165, 1.54) is 6.07 Å². The maximum atomic E-state index is 14.9. The summed E-state index contributed by atoms with van der Waals surface area (Å²) >= 11 is 0. The van der Waals surface area contributed by atoms with Crippen LogP contribution in [0.5, 0.6) is 0 Å². The normalized spacial score (nSPS) is 24.9. The number of amides is 2. The van der Waals surface area contributed by atoms with E-state index in [1.807, 2.05) is 16.5 Å². The number of halogens is 2. The lowest BCUT2D eigenvalue weighted by Crippen LogP contribution is -2.64. The first-order valence-electron chi connectivity index (χ1n) is 14.4. The molecule has 4 heterocycles. The molecule has 1 aromatic heterocycles. The highest BCUT2D eigenvalue weighted by Gasteiger charge is 2.46. The average Bonchev–Trinajstić information content (AvgIpc) is 3.62. The second-order valence-corrected chi connectivity index (χ2v) is 11.7. The second kappa shape index (κ2) is 10.6. The van der Waals surface area contributed by atoms with Crippen LogP contribution >= 0.6 is 0 Å². The number of piperazine rings is 1. The Morgan fingerprint density at radius 2 is 1.95 bits per heavy atom. The molecule has 10 heteroatoms. The molecule has 2 amide bonds. The highest BCUT2D eigenvalue weighted by atomic mass is 19.1.